The molecule has 0 aliphatic rings. The topological polar surface area (TPSA) is 55.2 Å². The normalized spacial score (nSPS) is 11.9. The van der Waals surface area contributed by atoms with Gasteiger partial charge in [0.2, 0.25) is 0 Å². The molecular weight excluding hydrogens is 298 g/mol. The van der Waals surface area contributed by atoms with Crippen LogP contribution in [0.25, 0.3) is 0 Å². The molecule has 0 saturated heterocycles. The molecular formula is C16H23N3O2S. The van der Waals surface area contributed by atoms with Gasteiger partial charge in [-0.1, -0.05) is 18.2 Å². The first-order valence-corrected chi connectivity index (χ1v) is 8.87. The number of para-hydroxylation sites is 1. The summed E-state index contributed by atoms with van der Waals surface area (Å²) < 4.78 is 29.2. The lowest BCUT2D eigenvalue weighted by Gasteiger charge is -2.24. The number of sulfonamides is 1. The van der Waals surface area contributed by atoms with Gasteiger partial charge >= 0.3 is 0 Å². The van der Waals surface area contributed by atoms with Crippen molar-refractivity contribution in [1.82, 2.24) is 9.78 Å². The third kappa shape index (κ3) is 2.88. The first kappa shape index (κ1) is 16.5. The van der Waals surface area contributed by atoms with Crippen molar-refractivity contribution < 1.29 is 8.42 Å². The summed E-state index contributed by atoms with van der Waals surface area (Å²) in [5.74, 6) is 0. The van der Waals surface area contributed by atoms with Crippen molar-refractivity contribution in [2.45, 2.75) is 45.6 Å². The predicted octanol–water partition coefficient (Wildman–Crippen LogP) is 3.30. The molecule has 0 N–H and O–H groups in total. The van der Waals surface area contributed by atoms with Crippen molar-refractivity contribution in [2.75, 3.05) is 10.8 Å². The lowest BCUT2D eigenvalue weighted by molar-refractivity contribution is 0.528. The zero-order valence-electron chi connectivity index (χ0n) is 13.7. The average Bonchev–Trinajstić information content (AvgIpc) is 2.84. The summed E-state index contributed by atoms with van der Waals surface area (Å²) >= 11 is 0. The Labute approximate surface area is 132 Å². The highest BCUT2D eigenvalue weighted by Gasteiger charge is 2.28. The SMILES string of the molecule is CCN(c1ccccc1C)S(=O)(=O)c1cn(C(C)C)nc1C. The molecule has 0 unspecified atom stereocenters. The Morgan fingerprint density at radius 2 is 1.86 bits per heavy atom. The fourth-order valence-corrected chi connectivity index (χ4v) is 4.11. The Morgan fingerprint density at radius 1 is 1.23 bits per heavy atom. The van der Waals surface area contributed by atoms with E-state index in [4.69, 9.17) is 0 Å². The minimum absolute atomic E-state index is 0.121. The molecule has 2 aromatic rings. The number of benzene rings is 1. The summed E-state index contributed by atoms with van der Waals surface area (Å²) in [5.41, 5.74) is 2.17. The molecule has 120 valence electrons. The second kappa shape index (κ2) is 6.12. The van der Waals surface area contributed by atoms with E-state index in [2.05, 4.69) is 5.10 Å². The quantitative estimate of drug-likeness (QED) is 0.849. The van der Waals surface area contributed by atoms with Crippen LogP contribution >= 0.6 is 0 Å². The fraction of sp³-hybridized carbons (Fsp3) is 0.438. The lowest BCUT2D eigenvalue weighted by Crippen LogP contribution is -2.31. The van der Waals surface area contributed by atoms with E-state index < -0.39 is 10.0 Å². The molecule has 22 heavy (non-hydrogen) atoms. The molecule has 1 aromatic carbocycles. The first-order chi connectivity index (χ1) is 10.3. The standard InChI is InChI=1S/C16H23N3O2S/c1-6-19(15-10-8-7-9-13(15)4)22(20,21)16-11-18(12(2)3)17-14(16)5/h7-12H,6H2,1-5H3. The van der Waals surface area contributed by atoms with Gasteiger partial charge in [0.05, 0.1) is 11.4 Å². The van der Waals surface area contributed by atoms with Gasteiger partial charge in [0.15, 0.2) is 0 Å². The average molecular weight is 321 g/mol. The van der Waals surface area contributed by atoms with Crippen molar-refractivity contribution in [3.8, 4) is 0 Å². The van der Waals surface area contributed by atoms with Crippen LogP contribution in [-0.4, -0.2) is 24.7 Å². The van der Waals surface area contributed by atoms with Crippen LogP contribution in [0.3, 0.4) is 0 Å². The fourth-order valence-electron chi connectivity index (χ4n) is 2.41. The van der Waals surface area contributed by atoms with E-state index in [0.717, 1.165) is 5.56 Å². The Hall–Kier alpha value is -1.82. The van der Waals surface area contributed by atoms with Crippen LogP contribution in [0.5, 0.6) is 0 Å². The molecule has 0 aliphatic heterocycles. The number of aromatic nitrogens is 2. The van der Waals surface area contributed by atoms with Gasteiger partial charge in [-0.15, -0.1) is 0 Å². The molecule has 2 rings (SSSR count). The van der Waals surface area contributed by atoms with Crippen LogP contribution in [0.4, 0.5) is 5.69 Å². The predicted molar refractivity (Wildman–Crippen MR) is 88.7 cm³/mol. The Kier molecular flexibility index (Phi) is 4.60. The van der Waals surface area contributed by atoms with E-state index in [1.54, 1.807) is 17.8 Å². The number of hydrogen-bond donors (Lipinski definition) is 0. The Morgan fingerprint density at radius 3 is 2.36 bits per heavy atom. The molecule has 0 saturated carbocycles. The van der Waals surface area contributed by atoms with E-state index in [0.29, 0.717) is 17.9 Å². The molecule has 1 aromatic heterocycles. The van der Waals surface area contributed by atoms with Gasteiger partial charge in [0.25, 0.3) is 10.0 Å². The zero-order valence-corrected chi connectivity index (χ0v) is 14.6. The van der Waals surface area contributed by atoms with Crippen LogP contribution < -0.4 is 4.31 Å². The second-order valence-corrected chi connectivity index (χ2v) is 7.44. The third-order valence-electron chi connectivity index (χ3n) is 3.64. The van der Waals surface area contributed by atoms with Gasteiger partial charge in [0.1, 0.15) is 4.90 Å². The molecule has 5 nitrogen and oxygen atoms in total. The zero-order chi connectivity index (χ0) is 16.5. The molecule has 0 atom stereocenters. The number of hydrogen-bond acceptors (Lipinski definition) is 3. The minimum Gasteiger partial charge on any atom is -0.269 e. The van der Waals surface area contributed by atoms with Gasteiger partial charge in [-0.25, -0.2) is 8.42 Å². The highest BCUT2D eigenvalue weighted by Crippen LogP contribution is 2.28. The largest absolute Gasteiger partial charge is 0.269 e. The van der Waals surface area contributed by atoms with E-state index in [-0.39, 0.29) is 10.9 Å². The highest BCUT2D eigenvalue weighted by molar-refractivity contribution is 7.92. The van der Waals surface area contributed by atoms with Gasteiger partial charge < -0.3 is 0 Å². The summed E-state index contributed by atoms with van der Waals surface area (Å²) in [4.78, 5) is 0.270. The van der Waals surface area contributed by atoms with E-state index in [1.807, 2.05) is 52.0 Å². The summed E-state index contributed by atoms with van der Waals surface area (Å²) in [7, 11) is -3.62. The molecule has 0 radical (unpaired) electrons. The van der Waals surface area contributed by atoms with Crippen LogP contribution in [0, 0.1) is 13.8 Å². The van der Waals surface area contributed by atoms with Crippen LogP contribution in [0.2, 0.25) is 0 Å². The number of anilines is 1. The number of aryl methyl sites for hydroxylation is 2. The van der Waals surface area contributed by atoms with Gasteiger partial charge in [0, 0.05) is 18.8 Å². The van der Waals surface area contributed by atoms with E-state index >= 15 is 0 Å². The maximum absolute atomic E-state index is 13.0. The smallest absolute Gasteiger partial charge is 0.267 e. The van der Waals surface area contributed by atoms with Crippen molar-refractivity contribution >= 4 is 15.7 Å². The summed E-state index contributed by atoms with van der Waals surface area (Å²) in [6.45, 7) is 9.81. The first-order valence-electron chi connectivity index (χ1n) is 7.43. The lowest BCUT2D eigenvalue weighted by atomic mass is 10.2. The minimum atomic E-state index is -3.62. The molecule has 0 aliphatic carbocycles. The number of rotatable bonds is 5. The summed E-state index contributed by atoms with van der Waals surface area (Å²) in [5, 5.41) is 4.32. The maximum atomic E-state index is 13.0. The van der Waals surface area contributed by atoms with Crippen LogP contribution in [0.15, 0.2) is 35.4 Å². The molecule has 0 bridgehead atoms. The van der Waals surface area contributed by atoms with Gasteiger partial charge in [-0.2, -0.15) is 5.10 Å². The van der Waals surface area contributed by atoms with Crippen LogP contribution in [-0.2, 0) is 10.0 Å². The van der Waals surface area contributed by atoms with Crippen molar-refractivity contribution in [3.05, 3.63) is 41.7 Å². The molecule has 6 heteroatoms. The molecule has 1 heterocycles. The van der Waals surface area contributed by atoms with E-state index in [1.165, 1.54) is 4.31 Å². The summed E-state index contributed by atoms with van der Waals surface area (Å²) in [6.07, 6.45) is 1.62. The van der Waals surface area contributed by atoms with Crippen molar-refractivity contribution in [2.24, 2.45) is 0 Å². The third-order valence-corrected chi connectivity index (χ3v) is 5.63. The summed E-state index contributed by atoms with van der Waals surface area (Å²) in [6, 6.07) is 7.62. The monoisotopic (exact) mass is 321 g/mol. The maximum Gasteiger partial charge on any atom is 0.267 e. The second-order valence-electron chi connectivity index (χ2n) is 5.61. The van der Waals surface area contributed by atoms with Crippen molar-refractivity contribution in [3.63, 3.8) is 0 Å². The van der Waals surface area contributed by atoms with E-state index in [9.17, 15) is 8.42 Å². The molecule has 0 fully saturated rings. The highest BCUT2D eigenvalue weighted by atomic mass is 32.2. The van der Waals surface area contributed by atoms with Gasteiger partial charge in [-0.3, -0.25) is 8.99 Å². The molecule has 0 spiro atoms. The Balaban J connectivity index is 2.55. The molecule has 0 amide bonds. The number of nitrogens with zero attached hydrogens (tertiary/aromatic N) is 3. The van der Waals surface area contributed by atoms with Gasteiger partial charge in [-0.05, 0) is 46.2 Å². The van der Waals surface area contributed by atoms with Crippen molar-refractivity contribution in [1.29, 1.82) is 0 Å². The van der Waals surface area contributed by atoms with Crippen LogP contribution in [0.1, 0.15) is 38.1 Å². The Bertz CT molecular complexity index is 763.